The number of benzene rings is 2. The molecule has 0 radical (unpaired) electrons. The van der Waals surface area contributed by atoms with Gasteiger partial charge in [0, 0.05) is 30.8 Å². The van der Waals surface area contributed by atoms with E-state index in [9.17, 15) is 14.9 Å². The third-order valence-corrected chi connectivity index (χ3v) is 5.30. The monoisotopic (exact) mass is 441 g/mol. The third-order valence-electron chi connectivity index (χ3n) is 5.30. The molecule has 2 aromatic carbocycles. The molecule has 1 unspecified atom stereocenters. The van der Waals surface area contributed by atoms with E-state index < -0.39 is 4.92 Å². The number of rotatable bonds is 9. The van der Waals surface area contributed by atoms with Gasteiger partial charge in [0.2, 0.25) is 0 Å². The first-order valence-electron chi connectivity index (χ1n) is 11.0. The number of morpholine rings is 1. The molecule has 2 aromatic rings. The number of anilines is 1. The van der Waals surface area contributed by atoms with E-state index in [1.54, 1.807) is 17.0 Å². The molecule has 1 aliphatic rings. The Balaban J connectivity index is 1.61. The highest BCUT2D eigenvalue weighted by molar-refractivity contribution is 5.95. The predicted octanol–water partition coefficient (Wildman–Crippen LogP) is 4.29. The number of amides is 1. The zero-order valence-electron chi connectivity index (χ0n) is 18.9. The van der Waals surface area contributed by atoms with Crippen LogP contribution in [-0.4, -0.2) is 54.2 Å². The highest BCUT2D eigenvalue weighted by atomic mass is 16.6. The Morgan fingerprint density at radius 1 is 1.16 bits per heavy atom. The average Bonchev–Trinajstić information content (AvgIpc) is 2.78. The molecule has 8 heteroatoms. The Morgan fingerprint density at radius 3 is 2.47 bits per heavy atom. The summed E-state index contributed by atoms with van der Waals surface area (Å²) in [4.78, 5) is 25.5. The van der Waals surface area contributed by atoms with Crippen LogP contribution in [0.5, 0.6) is 5.75 Å². The maximum atomic E-state index is 12.7. The van der Waals surface area contributed by atoms with Gasteiger partial charge in [-0.05, 0) is 63.4 Å². The van der Waals surface area contributed by atoms with E-state index >= 15 is 0 Å². The fourth-order valence-corrected chi connectivity index (χ4v) is 3.61. The van der Waals surface area contributed by atoms with E-state index in [1.807, 2.05) is 45.0 Å². The van der Waals surface area contributed by atoms with Crippen LogP contribution in [0.3, 0.4) is 0 Å². The summed E-state index contributed by atoms with van der Waals surface area (Å²) in [6.07, 6.45) is 1.77. The van der Waals surface area contributed by atoms with Crippen molar-refractivity contribution in [2.45, 2.75) is 45.8 Å². The Bertz CT molecular complexity index is 924. The maximum absolute atomic E-state index is 12.7. The molecule has 1 atom stereocenters. The van der Waals surface area contributed by atoms with Crippen molar-refractivity contribution in [2.24, 2.45) is 0 Å². The van der Waals surface area contributed by atoms with Crippen LogP contribution in [0.2, 0.25) is 0 Å². The van der Waals surface area contributed by atoms with Crippen LogP contribution in [0.25, 0.3) is 0 Å². The Labute approximate surface area is 188 Å². The minimum atomic E-state index is -0.446. The topological polar surface area (TPSA) is 93.9 Å². The van der Waals surface area contributed by atoms with Crippen LogP contribution in [0.1, 0.15) is 43.1 Å². The molecule has 32 heavy (non-hydrogen) atoms. The fraction of sp³-hybridized carbons (Fsp3) is 0.458. The number of carbonyl (C=O) groups excluding carboxylic acids is 1. The Hall–Kier alpha value is -3.13. The molecule has 0 aliphatic carbocycles. The Kier molecular flexibility index (Phi) is 8.05. The van der Waals surface area contributed by atoms with Crippen LogP contribution in [0, 0.1) is 10.1 Å². The number of nitrogens with zero attached hydrogens (tertiary/aromatic N) is 2. The van der Waals surface area contributed by atoms with Gasteiger partial charge in [-0.15, -0.1) is 0 Å². The summed E-state index contributed by atoms with van der Waals surface area (Å²) in [6, 6.07) is 12.7. The van der Waals surface area contributed by atoms with Crippen LogP contribution in [-0.2, 0) is 11.2 Å². The molecule has 8 nitrogen and oxygen atoms in total. The third kappa shape index (κ3) is 6.43. The number of hydrogen-bond acceptors (Lipinski definition) is 6. The van der Waals surface area contributed by atoms with E-state index in [2.05, 4.69) is 5.32 Å². The lowest BCUT2D eigenvalue weighted by Crippen LogP contribution is -2.40. The normalized spacial score (nSPS) is 14.8. The average molecular weight is 442 g/mol. The van der Waals surface area contributed by atoms with Crippen LogP contribution < -0.4 is 10.1 Å². The first-order chi connectivity index (χ1) is 15.3. The van der Waals surface area contributed by atoms with Gasteiger partial charge in [0.1, 0.15) is 11.4 Å². The van der Waals surface area contributed by atoms with Crippen molar-refractivity contribution in [3.63, 3.8) is 0 Å². The van der Waals surface area contributed by atoms with E-state index in [0.717, 1.165) is 18.6 Å². The van der Waals surface area contributed by atoms with E-state index in [4.69, 9.17) is 9.47 Å². The summed E-state index contributed by atoms with van der Waals surface area (Å²) in [7, 11) is 0. The summed E-state index contributed by atoms with van der Waals surface area (Å²) in [6.45, 7) is 7.93. The van der Waals surface area contributed by atoms with Gasteiger partial charge in [-0.1, -0.05) is 12.1 Å². The van der Waals surface area contributed by atoms with Gasteiger partial charge >= 0.3 is 0 Å². The standard InChI is InChI=1S/C24H31N3O5/c1-17(2)32-21-9-6-19(7-10-21)5-4-18(3)25-22-11-8-20(16-23(22)27(29)30)24(28)26-12-14-31-15-13-26/h6-11,16-18,25H,4-5,12-15H2,1-3H3. The van der Waals surface area contributed by atoms with Crippen molar-refractivity contribution in [3.05, 3.63) is 63.7 Å². The van der Waals surface area contributed by atoms with Gasteiger partial charge in [0.05, 0.1) is 24.2 Å². The number of hydrogen-bond donors (Lipinski definition) is 1. The molecule has 0 spiro atoms. The van der Waals surface area contributed by atoms with Crippen molar-refractivity contribution in [1.29, 1.82) is 0 Å². The van der Waals surface area contributed by atoms with Crippen LogP contribution in [0.15, 0.2) is 42.5 Å². The molecule has 1 heterocycles. The second kappa shape index (κ2) is 10.9. The van der Waals surface area contributed by atoms with Crippen molar-refractivity contribution in [3.8, 4) is 5.75 Å². The van der Waals surface area contributed by atoms with Gasteiger partial charge in [0.15, 0.2) is 0 Å². The van der Waals surface area contributed by atoms with Crippen molar-refractivity contribution in [1.82, 2.24) is 4.90 Å². The molecular weight excluding hydrogens is 410 g/mol. The lowest BCUT2D eigenvalue weighted by atomic mass is 10.1. The smallest absolute Gasteiger partial charge is 0.293 e. The number of ether oxygens (including phenoxy) is 2. The molecule has 3 rings (SSSR count). The zero-order valence-corrected chi connectivity index (χ0v) is 18.9. The molecule has 0 aromatic heterocycles. The molecule has 1 fully saturated rings. The van der Waals surface area contributed by atoms with Gasteiger partial charge in [-0.25, -0.2) is 0 Å². The van der Waals surface area contributed by atoms with Gasteiger partial charge in [-0.2, -0.15) is 0 Å². The number of carbonyl (C=O) groups is 1. The minimum Gasteiger partial charge on any atom is -0.491 e. The summed E-state index contributed by atoms with van der Waals surface area (Å²) in [5, 5.41) is 14.9. The summed E-state index contributed by atoms with van der Waals surface area (Å²) in [5.41, 5.74) is 1.82. The molecule has 1 amide bonds. The predicted molar refractivity (Wildman–Crippen MR) is 123 cm³/mol. The summed E-state index contributed by atoms with van der Waals surface area (Å²) in [5.74, 6) is 0.637. The number of aryl methyl sites for hydroxylation is 1. The van der Waals surface area contributed by atoms with E-state index in [1.165, 1.54) is 11.6 Å². The highest BCUT2D eigenvalue weighted by Crippen LogP contribution is 2.28. The number of nitrogens with one attached hydrogen (secondary N) is 1. The molecule has 1 N–H and O–H groups in total. The van der Waals surface area contributed by atoms with Crippen molar-refractivity contribution >= 4 is 17.3 Å². The van der Waals surface area contributed by atoms with Crippen LogP contribution >= 0.6 is 0 Å². The molecule has 1 aliphatic heterocycles. The molecule has 0 saturated carbocycles. The summed E-state index contributed by atoms with van der Waals surface area (Å²) >= 11 is 0. The summed E-state index contributed by atoms with van der Waals surface area (Å²) < 4.78 is 10.9. The second-order valence-corrected chi connectivity index (χ2v) is 8.29. The molecule has 172 valence electrons. The van der Waals surface area contributed by atoms with Crippen molar-refractivity contribution < 1.29 is 19.2 Å². The molecule has 1 saturated heterocycles. The van der Waals surface area contributed by atoms with Gasteiger partial charge in [0.25, 0.3) is 11.6 Å². The van der Waals surface area contributed by atoms with E-state index in [-0.39, 0.29) is 23.7 Å². The van der Waals surface area contributed by atoms with Crippen molar-refractivity contribution in [2.75, 3.05) is 31.6 Å². The minimum absolute atomic E-state index is 0.0149. The molecular formula is C24H31N3O5. The number of nitro groups is 1. The zero-order chi connectivity index (χ0) is 23.1. The SMILES string of the molecule is CC(CCc1ccc(OC(C)C)cc1)Nc1ccc(C(=O)N2CCOCC2)cc1[N+](=O)[O-]. The lowest BCUT2D eigenvalue weighted by Gasteiger charge is -2.27. The van der Waals surface area contributed by atoms with Gasteiger partial charge in [-0.3, -0.25) is 14.9 Å². The maximum Gasteiger partial charge on any atom is 0.293 e. The largest absolute Gasteiger partial charge is 0.491 e. The first kappa shape index (κ1) is 23.5. The Morgan fingerprint density at radius 2 is 1.84 bits per heavy atom. The number of nitro benzene ring substituents is 1. The first-order valence-corrected chi connectivity index (χ1v) is 11.0. The highest BCUT2D eigenvalue weighted by Gasteiger charge is 2.23. The fourth-order valence-electron chi connectivity index (χ4n) is 3.61. The second-order valence-electron chi connectivity index (χ2n) is 8.29. The molecule has 0 bridgehead atoms. The van der Waals surface area contributed by atoms with E-state index in [0.29, 0.717) is 37.6 Å². The van der Waals surface area contributed by atoms with Crippen LogP contribution in [0.4, 0.5) is 11.4 Å². The lowest BCUT2D eigenvalue weighted by molar-refractivity contribution is -0.384. The van der Waals surface area contributed by atoms with Gasteiger partial charge < -0.3 is 19.7 Å². The quantitative estimate of drug-likeness (QED) is 0.461.